The van der Waals surface area contributed by atoms with Crippen molar-refractivity contribution in [2.45, 2.75) is 88.6 Å². The molecule has 338 valence electrons. The first kappa shape index (κ1) is 48.7. The fourth-order valence-electron chi connectivity index (χ4n) is 7.25. The lowest BCUT2D eigenvalue weighted by atomic mass is 10.1. The van der Waals surface area contributed by atoms with Crippen LogP contribution in [0.25, 0.3) is 22.9 Å². The molecule has 9 nitrogen and oxygen atoms in total. The van der Waals surface area contributed by atoms with Crippen LogP contribution in [0.2, 0.25) is 0 Å². The number of halogens is 3. The van der Waals surface area contributed by atoms with Gasteiger partial charge >= 0.3 is 0 Å². The van der Waals surface area contributed by atoms with Crippen LogP contribution < -0.4 is 0 Å². The zero-order valence-electron chi connectivity index (χ0n) is 36.3. The number of oxazole rings is 2. The van der Waals surface area contributed by atoms with Crippen LogP contribution in [0, 0.1) is 25.5 Å². The van der Waals surface area contributed by atoms with Gasteiger partial charge in [-0.3, -0.25) is 22.9 Å². The number of Topliss-reactive ketones (excluding diaryl/α,β-unsaturated/α-hetero) is 2. The molecule has 0 aliphatic carbocycles. The molecule has 1 saturated heterocycles. The second-order valence-corrected chi connectivity index (χ2v) is 19.5. The molecule has 1 aliphatic heterocycles. The van der Waals surface area contributed by atoms with Crippen molar-refractivity contribution in [2.24, 2.45) is 0 Å². The molecule has 0 saturated carbocycles. The number of nitrogens with zero attached hydrogens (tertiary/aromatic N) is 3. The molecule has 3 heterocycles. The van der Waals surface area contributed by atoms with E-state index in [2.05, 4.69) is 42.9 Å². The molecule has 6 aromatic rings. The fourth-order valence-corrected chi connectivity index (χ4v) is 9.98. The number of hydrogen-bond donors (Lipinski definition) is 0. The monoisotopic (exact) mass is 973 g/mol. The molecule has 1 aliphatic rings. The van der Waals surface area contributed by atoms with Crippen molar-refractivity contribution in [1.82, 2.24) is 14.9 Å². The smallest absolute Gasteiger partial charge is 0.226 e. The van der Waals surface area contributed by atoms with E-state index < -0.39 is 21.6 Å². The Hall–Kier alpha value is -4.76. The van der Waals surface area contributed by atoms with Crippen LogP contribution in [0.5, 0.6) is 0 Å². The van der Waals surface area contributed by atoms with Crippen molar-refractivity contribution >= 4 is 49.1 Å². The van der Waals surface area contributed by atoms with E-state index in [0.717, 1.165) is 52.8 Å². The molecule has 64 heavy (non-hydrogen) atoms. The predicted octanol–water partition coefficient (Wildman–Crippen LogP) is 10.8. The number of aryl methyl sites for hydroxylation is 4. The standard InChI is InChI=1S/C27H31FN2O3S.C23H23BrFNO3S/c1-20-26(19-34(32)18-25(31)6-4-5-21-9-13-24(28)14-10-21)29-27(33-20)23-11-7-22(8-12-23)17-30-15-2-3-16-30;1-16-22(26-23(29-16)19-9-5-18(13-24)6-10-19)15-30(28)14-21(27)4-2-3-17-7-11-20(25)12-8-17/h7-14H,2-6,15-19H2,1H3;5-12H,2-4,13-15H2,1H3. The van der Waals surface area contributed by atoms with E-state index in [1.54, 1.807) is 31.2 Å². The molecule has 0 radical (unpaired) electrons. The van der Waals surface area contributed by atoms with Gasteiger partial charge in [-0.1, -0.05) is 64.5 Å². The van der Waals surface area contributed by atoms with Crippen molar-refractivity contribution in [3.63, 3.8) is 0 Å². The lowest BCUT2D eigenvalue weighted by Crippen LogP contribution is -2.18. The number of carbonyl (C=O) groups excluding carboxylic acids is 2. The fraction of sp³-hybridized carbons (Fsp3) is 0.360. The summed E-state index contributed by atoms with van der Waals surface area (Å²) in [5.41, 5.74) is 7.40. The highest BCUT2D eigenvalue weighted by atomic mass is 79.9. The molecule has 2 unspecified atom stereocenters. The largest absolute Gasteiger partial charge is 0.441 e. The van der Waals surface area contributed by atoms with Gasteiger partial charge in [-0.25, -0.2) is 18.7 Å². The van der Waals surface area contributed by atoms with Crippen LogP contribution in [-0.2, 0) is 67.4 Å². The van der Waals surface area contributed by atoms with E-state index >= 15 is 0 Å². The molecule has 14 heteroatoms. The normalized spacial score (nSPS) is 13.6. The number of benzene rings is 4. The molecule has 0 amide bonds. The van der Waals surface area contributed by atoms with E-state index in [-0.39, 0.29) is 46.2 Å². The summed E-state index contributed by atoms with van der Waals surface area (Å²) in [4.78, 5) is 35.9. The van der Waals surface area contributed by atoms with Gasteiger partial charge in [0.2, 0.25) is 11.8 Å². The summed E-state index contributed by atoms with van der Waals surface area (Å²) < 4.78 is 62.5. The van der Waals surface area contributed by atoms with Crippen LogP contribution >= 0.6 is 15.9 Å². The highest BCUT2D eigenvalue weighted by Crippen LogP contribution is 2.26. The van der Waals surface area contributed by atoms with E-state index in [9.17, 15) is 26.8 Å². The predicted molar refractivity (Wildman–Crippen MR) is 253 cm³/mol. The van der Waals surface area contributed by atoms with Gasteiger partial charge in [-0.05, 0) is 136 Å². The Balaban J connectivity index is 0.000000214. The molecule has 2 aromatic heterocycles. The Morgan fingerprint density at radius 1 is 0.609 bits per heavy atom. The van der Waals surface area contributed by atoms with Crippen LogP contribution in [0.15, 0.2) is 106 Å². The third-order valence-electron chi connectivity index (χ3n) is 10.9. The lowest BCUT2D eigenvalue weighted by Gasteiger charge is -2.14. The van der Waals surface area contributed by atoms with Crippen LogP contribution in [-0.4, -0.2) is 59.4 Å². The minimum atomic E-state index is -1.34. The number of carbonyl (C=O) groups is 2. The molecule has 1 fully saturated rings. The minimum Gasteiger partial charge on any atom is -0.441 e. The third kappa shape index (κ3) is 15.5. The van der Waals surface area contributed by atoms with E-state index in [4.69, 9.17) is 8.83 Å². The summed E-state index contributed by atoms with van der Waals surface area (Å²) in [5.74, 6) is 2.06. The van der Waals surface area contributed by atoms with Crippen molar-refractivity contribution in [1.29, 1.82) is 0 Å². The van der Waals surface area contributed by atoms with Crippen molar-refractivity contribution in [3.05, 3.63) is 154 Å². The van der Waals surface area contributed by atoms with Gasteiger partial charge in [0.1, 0.15) is 34.7 Å². The zero-order chi connectivity index (χ0) is 45.4. The maximum Gasteiger partial charge on any atom is 0.226 e. The lowest BCUT2D eigenvalue weighted by molar-refractivity contribution is -0.117. The first-order valence-electron chi connectivity index (χ1n) is 21.5. The summed E-state index contributed by atoms with van der Waals surface area (Å²) in [6.45, 7) is 6.90. The second kappa shape index (κ2) is 24.5. The topological polar surface area (TPSA) is 124 Å². The Morgan fingerprint density at radius 3 is 1.41 bits per heavy atom. The Morgan fingerprint density at radius 2 is 1.00 bits per heavy atom. The maximum absolute atomic E-state index is 13.0. The molecule has 0 spiro atoms. The van der Waals surface area contributed by atoms with Crippen LogP contribution in [0.4, 0.5) is 8.78 Å². The highest BCUT2D eigenvalue weighted by Gasteiger charge is 2.19. The molecular formula is C50H54BrF2N3O6S2. The van der Waals surface area contributed by atoms with Gasteiger partial charge in [-0.2, -0.15) is 0 Å². The van der Waals surface area contributed by atoms with E-state index in [0.29, 0.717) is 73.2 Å². The van der Waals surface area contributed by atoms with Gasteiger partial charge in [0.05, 0.1) is 34.4 Å². The number of ketones is 2. The number of aromatic nitrogens is 2. The SMILES string of the molecule is Cc1oc(-c2ccc(CBr)cc2)nc1CS(=O)CC(=O)CCCc1ccc(F)cc1.Cc1oc(-c2ccc(CN3CCCC3)cc2)nc1CS(=O)CC(=O)CCCc1ccc(F)cc1. The average Bonchev–Trinajstić information content (AvgIpc) is 4.03. The van der Waals surface area contributed by atoms with Gasteiger partial charge in [0.15, 0.2) is 0 Å². The molecule has 0 bridgehead atoms. The van der Waals surface area contributed by atoms with Crippen LogP contribution in [0.1, 0.15) is 83.7 Å². The summed E-state index contributed by atoms with van der Waals surface area (Å²) in [7, 11) is -2.68. The Bertz CT molecular complexity index is 2490. The highest BCUT2D eigenvalue weighted by molar-refractivity contribution is 9.08. The van der Waals surface area contributed by atoms with Gasteiger partial charge in [-0.15, -0.1) is 0 Å². The van der Waals surface area contributed by atoms with Gasteiger partial charge in [0, 0.05) is 57.4 Å². The third-order valence-corrected chi connectivity index (χ3v) is 14.0. The average molecular weight is 975 g/mol. The summed E-state index contributed by atoms with van der Waals surface area (Å²) >= 11 is 3.42. The number of hydrogen-bond acceptors (Lipinski definition) is 9. The van der Waals surface area contributed by atoms with E-state index in [1.165, 1.54) is 42.7 Å². The molecule has 2 atom stereocenters. The zero-order valence-corrected chi connectivity index (χ0v) is 39.5. The minimum absolute atomic E-state index is 0.00496. The first-order valence-corrected chi connectivity index (χ1v) is 25.6. The summed E-state index contributed by atoms with van der Waals surface area (Å²) in [6.07, 6.45) is 5.96. The summed E-state index contributed by atoms with van der Waals surface area (Å²) in [6, 6.07) is 28.7. The number of rotatable bonds is 21. The summed E-state index contributed by atoms with van der Waals surface area (Å²) in [5, 5.41) is 0.778. The van der Waals surface area contributed by atoms with Crippen molar-refractivity contribution in [3.8, 4) is 22.9 Å². The molecule has 0 N–H and O–H groups in total. The van der Waals surface area contributed by atoms with Gasteiger partial charge in [0.25, 0.3) is 0 Å². The van der Waals surface area contributed by atoms with E-state index in [1.807, 2.05) is 43.3 Å². The van der Waals surface area contributed by atoms with Gasteiger partial charge < -0.3 is 8.83 Å². The Labute approximate surface area is 387 Å². The quantitative estimate of drug-likeness (QED) is 0.0649. The van der Waals surface area contributed by atoms with Crippen LogP contribution in [0.3, 0.4) is 0 Å². The molecule has 7 rings (SSSR count). The molecular weight excluding hydrogens is 921 g/mol. The molecule has 4 aromatic carbocycles. The number of likely N-dealkylation sites (tertiary alicyclic amines) is 1. The Kier molecular flexibility index (Phi) is 18.6. The van der Waals surface area contributed by atoms with Crippen molar-refractivity contribution < 1.29 is 35.6 Å². The first-order chi connectivity index (χ1) is 30.9. The maximum atomic E-state index is 13.0. The second-order valence-electron chi connectivity index (χ2n) is 16.0. The number of alkyl halides is 1. The van der Waals surface area contributed by atoms with Crippen molar-refractivity contribution in [2.75, 3.05) is 24.6 Å².